The van der Waals surface area contributed by atoms with E-state index >= 15 is 0 Å². The molecular formula is C25H26N6O3S. The summed E-state index contributed by atoms with van der Waals surface area (Å²) < 4.78 is 1.82. The molecule has 180 valence electrons. The molecule has 0 aliphatic heterocycles. The van der Waals surface area contributed by atoms with E-state index in [1.807, 2.05) is 37.6 Å². The van der Waals surface area contributed by atoms with Crippen LogP contribution in [0, 0.1) is 6.92 Å². The van der Waals surface area contributed by atoms with E-state index in [-0.39, 0.29) is 23.6 Å². The van der Waals surface area contributed by atoms with Crippen LogP contribution >= 0.6 is 11.3 Å². The first-order chi connectivity index (χ1) is 16.7. The summed E-state index contributed by atoms with van der Waals surface area (Å²) in [4.78, 5) is 47.3. The van der Waals surface area contributed by atoms with Crippen molar-refractivity contribution in [2.45, 2.75) is 52.1 Å². The van der Waals surface area contributed by atoms with Gasteiger partial charge < -0.3 is 16.0 Å². The number of amides is 2. The summed E-state index contributed by atoms with van der Waals surface area (Å²) in [6, 6.07) is 7.06. The number of aryl methyl sites for hydroxylation is 2. The van der Waals surface area contributed by atoms with Crippen molar-refractivity contribution < 1.29 is 9.59 Å². The second kappa shape index (κ2) is 8.77. The van der Waals surface area contributed by atoms with Gasteiger partial charge in [0, 0.05) is 16.6 Å². The SMILES string of the molecule is Cc1ccc(-c2cc(C(=O)NC3CCCc4[nH]c(=O)c(C(N)=O)cc43)c3cnn(C(C)C)c3n2)s1. The minimum atomic E-state index is -0.794. The lowest BCUT2D eigenvalue weighted by Crippen LogP contribution is -2.34. The summed E-state index contributed by atoms with van der Waals surface area (Å²) in [5.74, 6) is -1.06. The summed E-state index contributed by atoms with van der Waals surface area (Å²) in [5, 5.41) is 8.27. The minimum absolute atomic E-state index is 0.0745. The molecule has 2 amide bonds. The topological polar surface area (TPSA) is 136 Å². The molecule has 0 saturated carbocycles. The lowest BCUT2D eigenvalue weighted by molar-refractivity contribution is 0.0934. The minimum Gasteiger partial charge on any atom is -0.365 e. The summed E-state index contributed by atoms with van der Waals surface area (Å²) in [6.45, 7) is 6.07. The van der Waals surface area contributed by atoms with E-state index in [1.165, 1.54) is 6.07 Å². The summed E-state index contributed by atoms with van der Waals surface area (Å²) in [7, 11) is 0. The molecular weight excluding hydrogens is 464 g/mol. The molecule has 1 unspecified atom stereocenters. The Morgan fingerprint density at radius 2 is 2.06 bits per heavy atom. The van der Waals surface area contributed by atoms with Crippen molar-refractivity contribution in [3.05, 3.63) is 68.1 Å². The van der Waals surface area contributed by atoms with Gasteiger partial charge in [-0.15, -0.1) is 11.3 Å². The monoisotopic (exact) mass is 490 g/mol. The van der Waals surface area contributed by atoms with Crippen molar-refractivity contribution in [3.8, 4) is 10.6 Å². The predicted octanol–water partition coefficient (Wildman–Crippen LogP) is 3.64. The molecule has 5 rings (SSSR count). The van der Waals surface area contributed by atoms with Gasteiger partial charge in [-0.25, -0.2) is 9.67 Å². The molecule has 4 aromatic rings. The zero-order chi connectivity index (χ0) is 24.9. The molecule has 0 saturated heterocycles. The number of hydrogen-bond acceptors (Lipinski definition) is 6. The van der Waals surface area contributed by atoms with Crippen LogP contribution in [0.25, 0.3) is 21.6 Å². The zero-order valence-corrected chi connectivity index (χ0v) is 20.5. The molecule has 35 heavy (non-hydrogen) atoms. The predicted molar refractivity (Wildman–Crippen MR) is 135 cm³/mol. The van der Waals surface area contributed by atoms with Gasteiger partial charge in [0.05, 0.1) is 33.8 Å². The maximum Gasteiger partial charge on any atom is 0.261 e. The van der Waals surface area contributed by atoms with Crippen molar-refractivity contribution in [2.75, 3.05) is 0 Å². The number of aromatic nitrogens is 4. The van der Waals surface area contributed by atoms with Gasteiger partial charge in [-0.1, -0.05) is 0 Å². The fourth-order valence-electron chi connectivity index (χ4n) is 4.59. The van der Waals surface area contributed by atoms with Crippen LogP contribution in [0.15, 0.2) is 35.3 Å². The van der Waals surface area contributed by atoms with Crippen LogP contribution in [-0.4, -0.2) is 31.6 Å². The van der Waals surface area contributed by atoms with Gasteiger partial charge >= 0.3 is 0 Å². The highest BCUT2D eigenvalue weighted by Crippen LogP contribution is 2.32. The Balaban J connectivity index is 1.58. The maximum absolute atomic E-state index is 13.7. The van der Waals surface area contributed by atoms with Gasteiger partial charge in [0.2, 0.25) is 0 Å². The smallest absolute Gasteiger partial charge is 0.261 e. The number of nitrogens with one attached hydrogen (secondary N) is 2. The highest BCUT2D eigenvalue weighted by Gasteiger charge is 2.27. The number of primary amides is 1. The second-order valence-corrected chi connectivity index (χ2v) is 10.4. The molecule has 1 atom stereocenters. The Morgan fingerprint density at radius 3 is 2.74 bits per heavy atom. The molecule has 4 aromatic heterocycles. The van der Waals surface area contributed by atoms with Crippen molar-refractivity contribution in [1.29, 1.82) is 0 Å². The third-order valence-electron chi connectivity index (χ3n) is 6.32. The fourth-order valence-corrected chi connectivity index (χ4v) is 5.42. The lowest BCUT2D eigenvalue weighted by Gasteiger charge is -2.26. The number of H-pyrrole nitrogens is 1. The molecule has 0 radical (unpaired) electrons. The highest BCUT2D eigenvalue weighted by atomic mass is 32.1. The number of thiophene rings is 1. The van der Waals surface area contributed by atoms with E-state index in [2.05, 4.69) is 15.4 Å². The van der Waals surface area contributed by atoms with Crippen molar-refractivity contribution >= 4 is 34.2 Å². The first kappa shape index (κ1) is 23.0. The van der Waals surface area contributed by atoms with Crippen LogP contribution in [0.5, 0.6) is 0 Å². The molecule has 9 nitrogen and oxygen atoms in total. The van der Waals surface area contributed by atoms with Crippen LogP contribution in [0.2, 0.25) is 0 Å². The molecule has 0 spiro atoms. The molecule has 0 fully saturated rings. The number of carbonyl (C=O) groups is 2. The maximum atomic E-state index is 13.7. The second-order valence-electron chi connectivity index (χ2n) is 9.11. The molecule has 4 N–H and O–H groups in total. The Bertz CT molecular complexity index is 1530. The normalized spacial score (nSPS) is 15.4. The molecule has 0 aromatic carbocycles. The zero-order valence-electron chi connectivity index (χ0n) is 19.7. The molecule has 1 aliphatic carbocycles. The largest absolute Gasteiger partial charge is 0.365 e. The summed E-state index contributed by atoms with van der Waals surface area (Å²) in [6.07, 6.45) is 3.82. The van der Waals surface area contributed by atoms with Crippen LogP contribution in [-0.2, 0) is 6.42 Å². The average molecular weight is 491 g/mol. The number of hydrogen-bond donors (Lipinski definition) is 3. The van der Waals surface area contributed by atoms with Crippen LogP contribution in [0.3, 0.4) is 0 Å². The van der Waals surface area contributed by atoms with Crippen molar-refractivity contribution in [1.82, 2.24) is 25.1 Å². The Labute approximate surface area is 205 Å². The Hall–Kier alpha value is -3.79. The van der Waals surface area contributed by atoms with Crippen LogP contribution in [0.4, 0.5) is 0 Å². The van der Waals surface area contributed by atoms with Gasteiger partial charge in [-0.05, 0) is 69.9 Å². The standard InChI is InChI=1S/C25H26N6O3S/c1-12(2)31-23-17(11-27-31)14(10-20(28-23)21-8-7-13(3)35-21)24(33)29-18-5-4-6-19-15(18)9-16(22(26)32)25(34)30-19/h7-12,18H,4-6H2,1-3H3,(H2,26,32)(H,29,33)(H,30,34). The van der Waals surface area contributed by atoms with Gasteiger partial charge in [-0.2, -0.15) is 5.10 Å². The van der Waals surface area contributed by atoms with Gasteiger partial charge in [-0.3, -0.25) is 14.4 Å². The lowest BCUT2D eigenvalue weighted by atomic mass is 9.90. The summed E-state index contributed by atoms with van der Waals surface area (Å²) >= 11 is 1.62. The number of fused-ring (bicyclic) bond motifs is 2. The van der Waals surface area contributed by atoms with E-state index in [0.717, 1.165) is 27.4 Å². The first-order valence-electron chi connectivity index (χ1n) is 11.5. The molecule has 1 aliphatic rings. The quantitative estimate of drug-likeness (QED) is 0.392. The third-order valence-corrected chi connectivity index (χ3v) is 7.34. The van der Waals surface area contributed by atoms with E-state index < -0.39 is 11.5 Å². The highest BCUT2D eigenvalue weighted by molar-refractivity contribution is 7.15. The van der Waals surface area contributed by atoms with Crippen molar-refractivity contribution in [2.24, 2.45) is 5.73 Å². The van der Waals surface area contributed by atoms with Gasteiger partial charge in [0.25, 0.3) is 17.4 Å². The molecule has 0 bridgehead atoms. The van der Waals surface area contributed by atoms with Crippen molar-refractivity contribution in [3.63, 3.8) is 0 Å². The van der Waals surface area contributed by atoms with Crippen LogP contribution in [0.1, 0.15) is 75.6 Å². The average Bonchev–Trinajstić information content (AvgIpc) is 3.44. The number of pyridine rings is 2. The molecule has 10 heteroatoms. The fraction of sp³-hybridized carbons (Fsp3) is 0.320. The van der Waals surface area contributed by atoms with E-state index in [4.69, 9.17) is 10.7 Å². The third kappa shape index (κ3) is 4.14. The number of carbonyl (C=O) groups excluding carboxylic acids is 2. The van der Waals surface area contributed by atoms with E-state index in [0.29, 0.717) is 35.1 Å². The number of aromatic amines is 1. The van der Waals surface area contributed by atoms with E-state index in [9.17, 15) is 14.4 Å². The summed E-state index contributed by atoms with van der Waals surface area (Å²) in [5.41, 5.74) is 8.06. The van der Waals surface area contributed by atoms with Gasteiger partial charge in [0.15, 0.2) is 5.65 Å². The van der Waals surface area contributed by atoms with Crippen LogP contribution < -0.4 is 16.6 Å². The molecule has 4 heterocycles. The number of nitrogens with two attached hydrogens (primary N) is 1. The number of rotatable bonds is 5. The Morgan fingerprint density at radius 1 is 1.26 bits per heavy atom. The van der Waals surface area contributed by atoms with Gasteiger partial charge in [0.1, 0.15) is 5.56 Å². The van der Waals surface area contributed by atoms with E-state index in [1.54, 1.807) is 23.6 Å². The number of nitrogens with zero attached hydrogens (tertiary/aromatic N) is 3. The Kier molecular flexibility index (Phi) is 5.76. The first-order valence-corrected chi connectivity index (χ1v) is 12.4.